The molecule has 0 aliphatic heterocycles. The molecule has 1 aromatic rings. The number of nitrogens with two attached hydrogens (primary N) is 1. The van der Waals surface area contributed by atoms with Crippen LogP contribution in [0.25, 0.3) is 0 Å². The molecule has 0 saturated carbocycles. The molecule has 0 bridgehead atoms. The van der Waals surface area contributed by atoms with Gasteiger partial charge < -0.3 is 5.73 Å². The number of nitrogens with one attached hydrogen (secondary N) is 1. The Balaban J connectivity index is 3.08. The molecule has 1 amide bonds. The Morgan fingerprint density at radius 3 is 2.53 bits per heavy atom. The van der Waals surface area contributed by atoms with Gasteiger partial charge >= 0.3 is 0 Å². The highest BCUT2D eigenvalue weighted by molar-refractivity contribution is 9.10. The molecule has 0 aliphatic carbocycles. The van der Waals surface area contributed by atoms with Crippen molar-refractivity contribution < 1.29 is 13.2 Å². The van der Waals surface area contributed by atoms with E-state index in [2.05, 4.69) is 20.7 Å². The topological polar surface area (TPSA) is 89.3 Å². The van der Waals surface area contributed by atoms with E-state index in [9.17, 15) is 13.2 Å². The van der Waals surface area contributed by atoms with Crippen LogP contribution in [0.2, 0.25) is 5.02 Å². The lowest BCUT2D eigenvalue weighted by Crippen LogP contribution is -2.45. The number of hydrogen-bond donors (Lipinski definition) is 2. The van der Waals surface area contributed by atoms with Gasteiger partial charge in [-0.25, -0.2) is 13.1 Å². The molecule has 8 heteroatoms. The van der Waals surface area contributed by atoms with Crippen molar-refractivity contribution in [2.45, 2.75) is 30.7 Å². The fourth-order valence-corrected chi connectivity index (χ4v) is 4.03. The third-order valence-corrected chi connectivity index (χ3v) is 4.88. The summed E-state index contributed by atoms with van der Waals surface area (Å²) in [6, 6.07) is 4.44. The lowest BCUT2D eigenvalue weighted by atomic mass is 10.0. The average molecular weight is 370 g/mol. The van der Waals surface area contributed by atoms with Crippen molar-refractivity contribution >= 4 is 43.5 Å². The molecule has 5 nitrogen and oxygen atoms in total. The number of rotatable bonds is 5. The largest absolute Gasteiger partial charge is 0.370 e. The highest BCUT2D eigenvalue weighted by atomic mass is 79.9. The summed E-state index contributed by atoms with van der Waals surface area (Å²) >= 11 is 9.10. The van der Waals surface area contributed by atoms with Crippen LogP contribution in [0.1, 0.15) is 20.3 Å². The minimum absolute atomic E-state index is 0.0464. The molecule has 106 valence electrons. The molecule has 0 aliphatic rings. The molecule has 0 aromatic heterocycles. The van der Waals surface area contributed by atoms with Gasteiger partial charge in [0, 0.05) is 16.4 Å². The number of sulfonamides is 1. The van der Waals surface area contributed by atoms with Gasteiger partial charge in [0.25, 0.3) is 0 Å². The quantitative estimate of drug-likeness (QED) is 0.832. The van der Waals surface area contributed by atoms with Crippen LogP contribution in [0, 0.1) is 0 Å². The maximum atomic E-state index is 12.2. The van der Waals surface area contributed by atoms with Gasteiger partial charge in [-0.1, -0.05) is 27.5 Å². The van der Waals surface area contributed by atoms with Gasteiger partial charge in [-0.05, 0) is 32.0 Å². The van der Waals surface area contributed by atoms with Crippen LogP contribution in [0.4, 0.5) is 0 Å². The second-order valence-electron chi connectivity index (χ2n) is 4.71. The average Bonchev–Trinajstić information content (AvgIpc) is 2.11. The lowest BCUT2D eigenvalue weighted by Gasteiger charge is -2.24. The van der Waals surface area contributed by atoms with E-state index < -0.39 is 21.5 Å². The molecule has 0 saturated heterocycles. The Kier molecular flexibility index (Phi) is 5.00. The highest BCUT2D eigenvalue weighted by Crippen LogP contribution is 2.26. The standard InChI is InChI=1S/C11H14BrClN2O3S/c1-11(2,6-10(14)16)15-19(17,18)9-4-3-7(12)5-8(9)13/h3-5,15H,6H2,1-2H3,(H2,14,16). The summed E-state index contributed by atoms with van der Waals surface area (Å²) in [5.74, 6) is -0.588. The summed E-state index contributed by atoms with van der Waals surface area (Å²) in [6.45, 7) is 3.14. The van der Waals surface area contributed by atoms with E-state index in [1.54, 1.807) is 19.9 Å². The Morgan fingerprint density at radius 1 is 1.47 bits per heavy atom. The predicted molar refractivity (Wildman–Crippen MR) is 77.4 cm³/mol. The summed E-state index contributed by atoms with van der Waals surface area (Å²) in [7, 11) is -3.82. The van der Waals surface area contributed by atoms with Crippen LogP contribution >= 0.6 is 27.5 Å². The van der Waals surface area contributed by atoms with Crippen LogP contribution in [-0.2, 0) is 14.8 Å². The van der Waals surface area contributed by atoms with Crippen LogP contribution < -0.4 is 10.5 Å². The van der Waals surface area contributed by atoms with Crippen LogP contribution in [0.15, 0.2) is 27.6 Å². The first kappa shape index (κ1) is 16.4. The maximum absolute atomic E-state index is 12.2. The van der Waals surface area contributed by atoms with Crippen molar-refractivity contribution in [3.63, 3.8) is 0 Å². The predicted octanol–water partition coefficient (Wildman–Crippen LogP) is 2.03. The zero-order chi connectivity index (χ0) is 14.8. The zero-order valence-corrected chi connectivity index (χ0v) is 13.6. The number of benzene rings is 1. The molecule has 0 unspecified atom stereocenters. The lowest BCUT2D eigenvalue weighted by molar-refractivity contribution is -0.119. The van der Waals surface area contributed by atoms with Gasteiger partial charge in [-0.3, -0.25) is 4.79 Å². The van der Waals surface area contributed by atoms with Gasteiger partial charge in [-0.15, -0.1) is 0 Å². The molecular weight excluding hydrogens is 356 g/mol. The van der Waals surface area contributed by atoms with Gasteiger partial charge in [0.2, 0.25) is 15.9 Å². The Hall–Kier alpha value is -0.630. The van der Waals surface area contributed by atoms with Crippen molar-refractivity contribution in [3.05, 3.63) is 27.7 Å². The molecule has 3 N–H and O–H groups in total. The SMILES string of the molecule is CC(C)(CC(N)=O)NS(=O)(=O)c1ccc(Br)cc1Cl. The van der Waals surface area contributed by atoms with E-state index in [0.717, 1.165) is 0 Å². The van der Waals surface area contributed by atoms with Crippen LogP contribution in [0.3, 0.4) is 0 Å². The second kappa shape index (κ2) is 5.78. The van der Waals surface area contributed by atoms with Crippen LogP contribution in [0.5, 0.6) is 0 Å². The number of hydrogen-bond acceptors (Lipinski definition) is 3. The fourth-order valence-electron chi connectivity index (χ4n) is 1.58. The van der Waals surface area contributed by atoms with Crippen molar-refractivity contribution in [1.29, 1.82) is 0 Å². The molecule has 1 rings (SSSR count). The molecule has 0 heterocycles. The minimum atomic E-state index is -3.82. The number of amides is 1. The third-order valence-electron chi connectivity index (χ3n) is 2.21. The van der Waals surface area contributed by atoms with Gasteiger partial charge in [0.1, 0.15) is 4.90 Å². The first-order valence-corrected chi connectivity index (χ1v) is 7.96. The molecule has 0 atom stereocenters. The van der Waals surface area contributed by atoms with Gasteiger partial charge in [-0.2, -0.15) is 0 Å². The summed E-state index contributed by atoms with van der Waals surface area (Å²) in [5, 5.41) is 0.0942. The fraction of sp³-hybridized carbons (Fsp3) is 0.364. The number of carbonyl (C=O) groups is 1. The minimum Gasteiger partial charge on any atom is -0.370 e. The summed E-state index contributed by atoms with van der Waals surface area (Å²) in [5.41, 5.74) is 4.09. The zero-order valence-electron chi connectivity index (χ0n) is 10.4. The van der Waals surface area contributed by atoms with E-state index in [0.29, 0.717) is 4.47 Å². The van der Waals surface area contributed by atoms with E-state index >= 15 is 0 Å². The number of halogens is 2. The third kappa shape index (κ3) is 4.76. The smallest absolute Gasteiger partial charge is 0.242 e. The molecule has 1 aromatic carbocycles. The number of carbonyl (C=O) groups excluding carboxylic acids is 1. The first-order chi connectivity index (χ1) is 8.53. The van der Waals surface area contributed by atoms with E-state index in [1.165, 1.54) is 12.1 Å². The van der Waals surface area contributed by atoms with Crippen LogP contribution in [-0.4, -0.2) is 19.9 Å². The van der Waals surface area contributed by atoms with E-state index in [1.807, 2.05) is 0 Å². The summed E-state index contributed by atoms with van der Waals surface area (Å²) in [6.07, 6.45) is -0.111. The van der Waals surface area contributed by atoms with Crippen molar-refractivity contribution in [1.82, 2.24) is 4.72 Å². The normalized spacial score (nSPS) is 12.4. The molecule has 19 heavy (non-hydrogen) atoms. The number of primary amides is 1. The maximum Gasteiger partial charge on any atom is 0.242 e. The first-order valence-electron chi connectivity index (χ1n) is 5.31. The van der Waals surface area contributed by atoms with Gasteiger partial charge in [0.15, 0.2) is 0 Å². The summed E-state index contributed by atoms with van der Waals surface area (Å²) < 4.78 is 27.5. The van der Waals surface area contributed by atoms with E-state index in [-0.39, 0.29) is 16.3 Å². The van der Waals surface area contributed by atoms with Crippen molar-refractivity contribution in [3.8, 4) is 0 Å². The second-order valence-corrected chi connectivity index (χ2v) is 7.68. The van der Waals surface area contributed by atoms with Gasteiger partial charge in [0.05, 0.1) is 5.02 Å². The Labute approximate surface area is 125 Å². The Morgan fingerprint density at radius 2 is 2.05 bits per heavy atom. The molecular formula is C11H14BrClN2O3S. The summed E-state index contributed by atoms with van der Waals surface area (Å²) in [4.78, 5) is 10.9. The van der Waals surface area contributed by atoms with Crippen molar-refractivity contribution in [2.75, 3.05) is 0 Å². The van der Waals surface area contributed by atoms with E-state index in [4.69, 9.17) is 17.3 Å². The molecule has 0 spiro atoms. The molecule has 0 radical (unpaired) electrons. The monoisotopic (exact) mass is 368 g/mol. The highest BCUT2D eigenvalue weighted by Gasteiger charge is 2.29. The van der Waals surface area contributed by atoms with Crippen molar-refractivity contribution in [2.24, 2.45) is 5.73 Å². The Bertz CT molecular complexity index is 602. The molecule has 0 fully saturated rings.